The molecule has 5 N–H and O–H groups in total. The molecule has 0 saturated heterocycles. The molecule has 0 saturated carbocycles. The molecule has 18 heavy (non-hydrogen) atoms. The summed E-state index contributed by atoms with van der Waals surface area (Å²) in [6.45, 7) is 4.00. The van der Waals surface area contributed by atoms with Gasteiger partial charge in [0.2, 0.25) is 0 Å². The van der Waals surface area contributed by atoms with Crippen LogP contribution in [0.2, 0.25) is 0 Å². The van der Waals surface area contributed by atoms with Gasteiger partial charge in [-0.15, -0.1) is 0 Å². The molecule has 0 bridgehead atoms. The summed E-state index contributed by atoms with van der Waals surface area (Å²) >= 11 is 0.368. The zero-order valence-electron chi connectivity index (χ0n) is 10.5. The molecule has 94 valence electrons. The van der Waals surface area contributed by atoms with Crippen LogP contribution in [-0.4, -0.2) is 14.5 Å². The molecule has 2 aromatic carbocycles. The van der Waals surface area contributed by atoms with E-state index in [1.807, 2.05) is 26.0 Å². The molecule has 0 radical (unpaired) electrons. The topological polar surface area (TPSA) is 64.1 Å². The van der Waals surface area contributed by atoms with E-state index in [1.165, 1.54) is 13.9 Å². The van der Waals surface area contributed by atoms with Gasteiger partial charge in [0.05, 0.1) is 0 Å². The molecular weight excluding hydrogens is 289 g/mol. The fourth-order valence-corrected chi connectivity index (χ4v) is 4.32. The van der Waals surface area contributed by atoms with E-state index in [0.717, 1.165) is 16.8 Å². The van der Waals surface area contributed by atoms with Crippen molar-refractivity contribution in [3.63, 3.8) is 0 Å². The van der Waals surface area contributed by atoms with Crippen LogP contribution in [0.25, 0.3) is 19.3 Å². The van der Waals surface area contributed by atoms with E-state index in [1.54, 1.807) is 0 Å². The summed E-state index contributed by atoms with van der Waals surface area (Å²) in [6, 6.07) is 12.5. The Hall–Kier alpha value is -1.48. The predicted molar refractivity (Wildman–Crippen MR) is 82.0 cm³/mol. The minimum atomic E-state index is 0.368. The molecule has 0 fully saturated rings. The summed E-state index contributed by atoms with van der Waals surface area (Å²) in [7, 11) is 0. The summed E-state index contributed by atoms with van der Waals surface area (Å²) in [5, 5.41) is 2.41. The SMILES string of the molecule is CC.NNc1ccc2[se]c3ccccc3c2c1N. The van der Waals surface area contributed by atoms with Gasteiger partial charge in [0.15, 0.2) is 0 Å². The second-order valence-corrected chi connectivity index (χ2v) is 5.92. The third-order valence-corrected chi connectivity index (χ3v) is 5.12. The van der Waals surface area contributed by atoms with Crippen LogP contribution in [0.3, 0.4) is 0 Å². The summed E-state index contributed by atoms with van der Waals surface area (Å²) < 4.78 is 2.73. The second-order valence-electron chi connectivity index (χ2n) is 3.64. The van der Waals surface area contributed by atoms with E-state index in [9.17, 15) is 0 Å². The molecule has 0 unspecified atom stereocenters. The molecule has 3 nitrogen and oxygen atoms in total. The van der Waals surface area contributed by atoms with Gasteiger partial charge in [-0.3, -0.25) is 0 Å². The van der Waals surface area contributed by atoms with E-state index in [-0.39, 0.29) is 0 Å². The van der Waals surface area contributed by atoms with Crippen LogP contribution in [0.15, 0.2) is 36.4 Å². The van der Waals surface area contributed by atoms with E-state index in [2.05, 4.69) is 29.7 Å². The molecular formula is C14H17N3Se. The van der Waals surface area contributed by atoms with Crippen LogP contribution < -0.4 is 17.0 Å². The van der Waals surface area contributed by atoms with Crippen molar-refractivity contribution in [2.24, 2.45) is 5.84 Å². The van der Waals surface area contributed by atoms with Crippen LogP contribution in [0, 0.1) is 0 Å². The van der Waals surface area contributed by atoms with Crippen LogP contribution >= 0.6 is 0 Å². The predicted octanol–water partition coefficient (Wildman–Crippen LogP) is 2.94. The number of benzene rings is 2. The van der Waals surface area contributed by atoms with Gasteiger partial charge in [-0.05, 0) is 0 Å². The number of hydrogen-bond donors (Lipinski definition) is 3. The number of nitrogens with two attached hydrogens (primary N) is 2. The minimum absolute atomic E-state index is 0.368. The Morgan fingerprint density at radius 2 is 1.72 bits per heavy atom. The van der Waals surface area contributed by atoms with Gasteiger partial charge >= 0.3 is 98.6 Å². The Bertz CT molecular complexity index is 673. The Balaban J connectivity index is 0.000000574. The molecule has 1 heterocycles. The van der Waals surface area contributed by atoms with Crippen molar-refractivity contribution < 1.29 is 0 Å². The molecule has 0 spiro atoms. The van der Waals surface area contributed by atoms with Crippen molar-refractivity contribution in [2.75, 3.05) is 11.2 Å². The molecule has 0 atom stereocenters. The third kappa shape index (κ3) is 1.99. The van der Waals surface area contributed by atoms with Gasteiger partial charge in [0, 0.05) is 0 Å². The normalized spacial score (nSPS) is 10.2. The molecule has 0 aliphatic rings. The Kier molecular flexibility index (Phi) is 3.92. The summed E-state index contributed by atoms with van der Waals surface area (Å²) in [6.07, 6.45) is 0. The first-order valence-electron chi connectivity index (χ1n) is 5.97. The molecule has 3 aromatic rings. The van der Waals surface area contributed by atoms with Crippen molar-refractivity contribution in [2.45, 2.75) is 13.8 Å². The van der Waals surface area contributed by atoms with E-state index in [4.69, 9.17) is 11.6 Å². The van der Waals surface area contributed by atoms with Crippen LogP contribution in [0.5, 0.6) is 0 Å². The zero-order valence-corrected chi connectivity index (χ0v) is 12.2. The van der Waals surface area contributed by atoms with Gasteiger partial charge in [-0.2, -0.15) is 0 Å². The van der Waals surface area contributed by atoms with E-state index in [0.29, 0.717) is 14.5 Å². The van der Waals surface area contributed by atoms with Crippen molar-refractivity contribution in [1.82, 2.24) is 0 Å². The Labute approximate surface area is 112 Å². The van der Waals surface area contributed by atoms with E-state index < -0.39 is 0 Å². The molecule has 0 aliphatic heterocycles. The quantitative estimate of drug-likeness (QED) is 0.280. The molecule has 4 heteroatoms. The van der Waals surface area contributed by atoms with Crippen LogP contribution in [0.1, 0.15) is 13.8 Å². The average Bonchev–Trinajstić information content (AvgIpc) is 2.80. The Morgan fingerprint density at radius 3 is 2.44 bits per heavy atom. The first kappa shape index (κ1) is 13.0. The van der Waals surface area contributed by atoms with Crippen LogP contribution in [0.4, 0.5) is 11.4 Å². The average molecular weight is 306 g/mol. The number of anilines is 2. The summed E-state index contributed by atoms with van der Waals surface area (Å²) in [4.78, 5) is 0. The number of hydrogen-bond acceptors (Lipinski definition) is 3. The van der Waals surface area contributed by atoms with Crippen molar-refractivity contribution >= 4 is 45.2 Å². The maximum absolute atomic E-state index is 6.13. The number of rotatable bonds is 1. The molecule has 1 aromatic heterocycles. The molecule has 0 amide bonds. The zero-order chi connectivity index (χ0) is 13.1. The van der Waals surface area contributed by atoms with Gasteiger partial charge in [-0.1, -0.05) is 13.8 Å². The number of nitrogen functional groups attached to an aromatic ring is 2. The van der Waals surface area contributed by atoms with Crippen LogP contribution in [-0.2, 0) is 0 Å². The summed E-state index contributed by atoms with van der Waals surface area (Å²) in [5.41, 5.74) is 10.3. The molecule has 3 rings (SSSR count). The fourth-order valence-electron chi connectivity index (χ4n) is 1.97. The molecule has 0 aliphatic carbocycles. The van der Waals surface area contributed by atoms with Gasteiger partial charge in [-0.25, -0.2) is 0 Å². The van der Waals surface area contributed by atoms with Crippen molar-refractivity contribution in [3.8, 4) is 0 Å². The number of hydrazine groups is 1. The number of fused-ring (bicyclic) bond motifs is 3. The standard InChI is InChI=1S/C12H11N3Se.C2H6/c13-12-8(15-14)5-6-10-11(12)7-3-1-2-4-9(7)16-10;1-2/h1-6,15H,13-14H2;1-2H3. The van der Waals surface area contributed by atoms with E-state index >= 15 is 0 Å². The first-order chi connectivity index (χ1) is 8.81. The monoisotopic (exact) mass is 307 g/mol. The summed E-state index contributed by atoms with van der Waals surface area (Å²) in [5.74, 6) is 5.44. The van der Waals surface area contributed by atoms with Gasteiger partial charge < -0.3 is 0 Å². The third-order valence-electron chi connectivity index (χ3n) is 2.74. The Morgan fingerprint density at radius 1 is 1.00 bits per heavy atom. The fraction of sp³-hybridized carbons (Fsp3) is 0.143. The number of nitrogens with one attached hydrogen (secondary N) is 1. The van der Waals surface area contributed by atoms with Crippen molar-refractivity contribution in [3.05, 3.63) is 36.4 Å². The first-order valence-corrected chi connectivity index (χ1v) is 7.69. The van der Waals surface area contributed by atoms with Gasteiger partial charge in [0.1, 0.15) is 0 Å². The van der Waals surface area contributed by atoms with Crippen molar-refractivity contribution in [1.29, 1.82) is 0 Å². The van der Waals surface area contributed by atoms with Gasteiger partial charge in [0.25, 0.3) is 0 Å². The second kappa shape index (κ2) is 5.44. The maximum atomic E-state index is 6.13.